The van der Waals surface area contributed by atoms with Gasteiger partial charge in [0, 0.05) is 25.7 Å². The molecule has 0 radical (unpaired) electrons. The summed E-state index contributed by atoms with van der Waals surface area (Å²) < 4.78 is 68.4. The molecule has 6 atom stereocenters. The molecule has 0 aromatic rings. The summed E-state index contributed by atoms with van der Waals surface area (Å²) in [7, 11) is -9.91. The quantitative estimate of drug-likeness (QED) is 0.0222. The third kappa shape index (κ3) is 67.0. The normalized spacial score (nSPS) is 14.5. The van der Waals surface area contributed by atoms with E-state index in [1.165, 1.54) is 167 Å². The number of carbonyl (C=O) groups excluding carboxylic acids is 4. The molecule has 19 heteroatoms. The Morgan fingerprint density at radius 2 is 0.516 bits per heavy atom. The van der Waals surface area contributed by atoms with Gasteiger partial charge in [0.15, 0.2) is 12.2 Å². The SMILES string of the molecule is CCC(C)CCCCCCCCCCCCCCCCC(=O)OC[C@H](COP(=O)(O)OC[C@@H](O)COP(=O)(O)OC[C@@H](COC(=O)CCCCCCCCC(C)C)OC(=O)CCCCCCCCCCC(C)C)OC(=O)CCCCCCCCCCCCCCC(C)C. The molecule has 93 heavy (non-hydrogen) atoms. The minimum Gasteiger partial charge on any atom is -0.462 e. The summed E-state index contributed by atoms with van der Waals surface area (Å²) in [4.78, 5) is 72.7. The maximum absolute atomic E-state index is 13.1. The fraction of sp³-hybridized carbons (Fsp3) is 0.946. The molecule has 0 heterocycles. The van der Waals surface area contributed by atoms with Gasteiger partial charge in [-0.05, 0) is 49.4 Å². The van der Waals surface area contributed by atoms with Crippen molar-refractivity contribution in [2.75, 3.05) is 39.6 Å². The van der Waals surface area contributed by atoms with Gasteiger partial charge in [0.25, 0.3) is 0 Å². The monoisotopic (exact) mass is 1370 g/mol. The minimum absolute atomic E-state index is 0.103. The molecule has 3 N–H and O–H groups in total. The van der Waals surface area contributed by atoms with Crippen molar-refractivity contribution >= 4 is 39.5 Å². The molecule has 0 spiro atoms. The number of phosphoric acid groups is 2. The summed E-state index contributed by atoms with van der Waals surface area (Å²) in [5, 5.41) is 10.6. The number of hydrogen-bond acceptors (Lipinski definition) is 15. The zero-order valence-electron chi connectivity index (χ0n) is 60.9. The molecule has 17 nitrogen and oxygen atoms in total. The molecule has 0 bridgehead atoms. The lowest BCUT2D eigenvalue weighted by atomic mass is 9.99. The van der Waals surface area contributed by atoms with Crippen molar-refractivity contribution in [2.24, 2.45) is 23.7 Å². The second-order valence-corrected chi connectivity index (χ2v) is 31.3. The lowest BCUT2D eigenvalue weighted by Crippen LogP contribution is -2.30. The third-order valence-electron chi connectivity index (χ3n) is 17.4. The van der Waals surface area contributed by atoms with Gasteiger partial charge in [-0.1, -0.05) is 319 Å². The van der Waals surface area contributed by atoms with Crippen molar-refractivity contribution in [2.45, 2.75) is 388 Å². The number of aliphatic hydroxyl groups is 1. The van der Waals surface area contributed by atoms with E-state index in [1.807, 2.05) is 0 Å². The van der Waals surface area contributed by atoms with Crippen LogP contribution in [-0.2, 0) is 65.4 Å². The summed E-state index contributed by atoms with van der Waals surface area (Å²) in [6.07, 6.45) is 47.4. The summed E-state index contributed by atoms with van der Waals surface area (Å²) >= 11 is 0. The van der Waals surface area contributed by atoms with Crippen molar-refractivity contribution < 1.29 is 80.2 Å². The van der Waals surface area contributed by atoms with Gasteiger partial charge in [0.1, 0.15) is 19.3 Å². The van der Waals surface area contributed by atoms with Crippen LogP contribution in [0.2, 0.25) is 0 Å². The van der Waals surface area contributed by atoms with E-state index in [0.29, 0.717) is 31.6 Å². The van der Waals surface area contributed by atoms with Crippen molar-refractivity contribution in [3.8, 4) is 0 Å². The standard InChI is InChI=1S/C74H144O17P2/c1-9-67(8)53-45-37-28-21-17-12-10-11-13-18-22-29-38-46-54-71(76)84-60-69(90-73(78)56-48-40-30-23-19-15-14-16-20-26-34-42-50-64(2)3)62-88-92(80,81)86-58-68(75)59-87-93(82,83)89-63-70(61-85-72(77)55-47-39-33-32-36-44-52-66(6)7)91-74(79)57-49-41-31-25-24-27-35-43-51-65(4)5/h64-70,75H,9-63H2,1-8H3,(H,80,81)(H,82,83)/t67?,68-,69-,70-/m1/s1. The molecule has 0 saturated heterocycles. The van der Waals surface area contributed by atoms with Gasteiger partial charge in [-0.25, -0.2) is 9.13 Å². The van der Waals surface area contributed by atoms with Crippen LogP contribution >= 0.6 is 15.6 Å². The third-order valence-corrected chi connectivity index (χ3v) is 19.3. The number of unbranched alkanes of at least 4 members (excludes halogenated alkanes) is 36. The van der Waals surface area contributed by atoms with Crippen LogP contribution < -0.4 is 0 Å². The van der Waals surface area contributed by atoms with E-state index in [2.05, 4.69) is 55.4 Å². The highest BCUT2D eigenvalue weighted by Gasteiger charge is 2.30. The molecule has 0 amide bonds. The van der Waals surface area contributed by atoms with Gasteiger partial charge in [0.05, 0.1) is 26.4 Å². The van der Waals surface area contributed by atoms with Gasteiger partial charge < -0.3 is 33.8 Å². The number of rotatable bonds is 71. The van der Waals surface area contributed by atoms with Gasteiger partial charge in [-0.15, -0.1) is 0 Å². The highest BCUT2D eigenvalue weighted by atomic mass is 31.2. The summed E-state index contributed by atoms with van der Waals surface area (Å²) in [5.74, 6) is 0.898. The number of hydrogen-bond donors (Lipinski definition) is 3. The molecule has 0 aromatic carbocycles. The number of esters is 4. The highest BCUT2D eigenvalue weighted by molar-refractivity contribution is 7.47. The summed E-state index contributed by atoms with van der Waals surface area (Å²) in [6, 6.07) is 0. The van der Waals surface area contributed by atoms with Crippen molar-refractivity contribution in [3.63, 3.8) is 0 Å². The first-order chi connectivity index (χ1) is 44.6. The second kappa shape index (κ2) is 63.5. The van der Waals surface area contributed by atoms with Crippen LogP contribution in [0, 0.1) is 23.7 Å². The molecule has 0 aliphatic heterocycles. The van der Waals surface area contributed by atoms with Crippen LogP contribution in [0.4, 0.5) is 0 Å². The zero-order valence-corrected chi connectivity index (χ0v) is 62.7. The Bertz CT molecular complexity index is 1840. The average molecular weight is 1370 g/mol. The maximum atomic E-state index is 13.1. The molecule has 0 aliphatic rings. The molecular weight excluding hydrogens is 1220 g/mol. The van der Waals surface area contributed by atoms with Gasteiger partial charge in [-0.3, -0.25) is 37.3 Å². The van der Waals surface area contributed by atoms with E-state index in [0.717, 1.165) is 114 Å². The Hall–Kier alpha value is -1.94. The van der Waals surface area contributed by atoms with Crippen LogP contribution in [0.5, 0.6) is 0 Å². The smallest absolute Gasteiger partial charge is 0.462 e. The fourth-order valence-electron chi connectivity index (χ4n) is 11.2. The molecule has 552 valence electrons. The van der Waals surface area contributed by atoms with Gasteiger partial charge >= 0.3 is 39.5 Å². The van der Waals surface area contributed by atoms with E-state index >= 15 is 0 Å². The van der Waals surface area contributed by atoms with E-state index < -0.39 is 97.5 Å². The predicted molar refractivity (Wildman–Crippen MR) is 377 cm³/mol. The fourth-order valence-corrected chi connectivity index (χ4v) is 12.7. The summed E-state index contributed by atoms with van der Waals surface area (Å²) in [5.41, 5.74) is 0. The minimum atomic E-state index is -4.96. The predicted octanol–water partition coefficient (Wildman–Crippen LogP) is 21.3. The van der Waals surface area contributed by atoms with Crippen LogP contribution in [0.3, 0.4) is 0 Å². The average Bonchev–Trinajstić information content (AvgIpc) is 2.33. The topological polar surface area (TPSA) is 237 Å². The lowest BCUT2D eigenvalue weighted by Gasteiger charge is -2.21. The number of ether oxygens (including phenoxy) is 4. The Morgan fingerprint density at radius 1 is 0.301 bits per heavy atom. The van der Waals surface area contributed by atoms with E-state index in [4.69, 9.17) is 37.0 Å². The largest absolute Gasteiger partial charge is 0.472 e. The van der Waals surface area contributed by atoms with E-state index in [1.54, 1.807) is 0 Å². The number of aliphatic hydroxyl groups excluding tert-OH is 1. The Balaban J connectivity index is 5.23. The first kappa shape index (κ1) is 91.1. The van der Waals surface area contributed by atoms with Crippen LogP contribution in [0.25, 0.3) is 0 Å². The number of carbonyl (C=O) groups is 4. The first-order valence-corrected chi connectivity index (χ1v) is 41.2. The zero-order chi connectivity index (χ0) is 68.9. The molecule has 0 rings (SSSR count). The van der Waals surface area contributed by atoms with Gasteiger partial charge in [0.2, 0.25) is 0 Å². The van der Waals surface area contributed by atoms with E-state index in [9.17, 15) is 43.2 Å². The van der Waals surface area contributed by atoms with Crippen LogP contribution in [0.1, 0.15) is 370 Å². The highest BCUT2D eigenvalue weighted by Crippen LogP contribution is 2.45. The molecule has 0 fully saturated rings. The van der Waals surface area contributed by atoms with Crippen LogP contribution in [0.15, 0.2) is 0 Å². The lowest BCUT2D eigenvalue weighted by molar-refractivity contribution is -0.161. The summed E-state index contributed by atoms with van der Waals surface area (Å²) in [6.45, 7) is 14.1. The van der Waals surface area contributed by atoms with Crippen molar-refractivity contribution in [1.82, 2.24) is 0 Å². The Labute approximate surface area is 568 Å². The molecule has 0 saturated carbocycles. The van der Waals surface area contributed by atoms with Crippen LogP contribution in [-0.4, -0.2) is 96.7 Å². The van der Waals surface area contributed by atoms with Crippen molar-refractivity contribution in [1.29, 1.82) is 0 Å². The molecule has 0 aliphatic carbocycles. The van der Waals surface area contributed by atoms with E-state index in [-0.39, 0.29) is 25.7 Å². The van der Waals surface area contributed by atoms with Gasteiger partial charge in [-0.2, -0.15) is 0 Å². The second-order valence-electron chi connectivity index (χ2n) is 28.4. The van der Waals surface area contributed by atoms with Crippen molar-refractivity contribution in [3.05, 3.63) is 0 Å². The maximum Gasteiger partial charge on any atom is 0.472 e. The Morgan fingerprint density at radius 3 is 0.763 bits per heavy atom. The number of phosphoric ester groups is 2. The molecule has 3 unspecified atom stereocenters. The Kier molecular flexibility index (Phi) is 62.2. The molecular formula is C74H144O17P2. The molecule has 0 aromatic heterocycles. The first-order valence-electron chi connectivity index (χ1n) is 38.2.